The molecule has 18 heavy (non-hydrogen) atoms. The number of thiophene rings is 1. The summed E-state index contributed by atoms with van der Waals surface area (Å²) in [7, 11) is 2.10. The molecule has 2 heterocycles. The van der Waals surface area contributed by atoms with E-state index in [9.17, 15) is 0 Å². The summed E-state index contributed by atoms with van der Waals surface area (Å²) in [6.07, 6.45) is 1.06. The maximum Gasteiger partial charge on any atom is 0.122 e. The van der Waals surface area contributed by atoms with Gasteiger partial charge in [-0.3, -0.25) is 4.90 Å². The van der Waals surface area contributed by atoms with Crippen LogP contribution in [0.4, 0.5) is 0 Å². The summed E-state index contributed by atoms with van der Waals surface area (Å²) in [5, 5.41) is 2.12. The zero-order chi connectivity index (χ0) is 13.0. The zero-order valence-corrected chi connectivity index (χ0v) is 11.7. The smallest absolute Gasteiger partial charge is 0.122 e. The lowest BCUT2D eigenvalue weighted by molar-refractivity contribution is 0.221. The second-order valence-electron chi connectivity index (χ2n) is 4.51. The number of furan rings is 1. The molecule has 0 saturated carbocycles. The van der Waals surface area contributed by atoms with E-state index in [1.165, 1.54) is 4.88 Å². The Bertz CT molecular complexity index is 464. The van der Waals surface area contributed by atoms with Crippen LogP contribution in [-0.2, 0) is 6.42 Å². The Kier molecular flexibility index (Phi) is 4.58. The fourth-order valence-electron chi connectivity index (χ4n) is 2.04. The van der Waals surface area contributed by atoms with Crippen LogP contribution in [0.5, 0.6) is 0 Å². The van der Waals surface area contributed by atoms with Gasteiger partial charge in [-0.15, -0.1) is 11.3 Å². The van der Waals surface area contributed by atoms with Gasteiger partial charge in [0.15, 0.2) is 0 Å². The average molecular weight is 264 g/mol. The molecule has 1 unspecified atom stereocenters. The zero-order valence-electron chi connectivity index (χ0n) is 10.9. The van der Waals surface area contributed by atoms with Gasteiger partial charge < -0.3 is 10.2 Å². The van der Waals surface area contributed by atoms with Crippen molar-refractivity contribution < 1.29 is 4.42 Å². The maximum absolute atomic E-state index is 5.86. The van der Waals surface area contributed by atoms with E-state index in [4.69, 9.17) is 10.2 Å². The molecule has 0 saturated heterocycles. The average Bonchev–Trinajstić information content (AvgIpc) is 2.99. The summed E-state index contributed by atoms with van der Waals surface area (Å²) >= 11 is 1.80. The van der Waals surface area contributed by atoms with Gasteiger partial charge in [-0.2, -0.15) is 0 Å². The SMILES string of the molecule is Cc1ccc(C(CN)N(C)CCc2cccs2)o1. The van der Waals surface area contributed by atoms with Crippen LogP contribution in [0, 0.1) is 6.92 Å². The van der Waals surface area contributed by atoms with Crippen molar-refractivity contribution in [3.8, 4) is 0 Å². The van der Waals surface area contributed by atoms with Gasteiger partial charge in [0.25, 0.3) is 0 Å². The predicted octanol–water partition coefficient (Wildman–Crippen LogP) is 2.82. The molecular formula is C14H20N2OS. The Morgan fingerprint density at radius 3 is 2.78 bits per heavy atom. The third kappa shape index (κ3) is 3.22. The molecule has 2 N–H and O–H groups in total. The van der Waals surface area contributed by atoms with Crippen molar-refractivity contribution in [1.82, 2.24) is 4.90 Å². The third-order valence-corrected chi connectivity index (χ3v) is 4.07. The van der Waals surface area contributed by atoms with E-state index in [1.807, 2.05) is 19.1 Å². The van der Waals surface area contributed by atoms with E-state index >= 15 is 0 Å². The molecule has 3 nitrogen and oxygen atoms in total. The number of likely N-dealkylation sites (N-methyl/N-ethyl adjacent to an activating group) is 1. The number of hydrogen-bond donors (Lipinski definition) is 1. The van der Waals surface area contributed by atoms with E-state index in [0.29, 0.717) is 6.54 Å². The highest BCUT2D eigenvalue weighted by molar-refractivity contribution is 7.09. The first-order chi connectivity index (χ1) is 8.70. The Hall–Kier alpha value is -1.10. The quantitative estimate of drug-likeness (QED) is 0.872. The number of rotatable bonds is 6. The van der Waals surface area contributed by atoms with Crippen LogP contribution in [0.25, 0.3) is 0 Å². The van der Waals surface area contributed by atoms with Gasteiger partial charge in [0.2, 0.25) is 0 Å². The number of hydrogen-bond acceptors (Lipinski definition) is 4. The molecule has 98 valence electrons. The lowest BCUT2D eigenvalue weighted by Gasteiger charge is -2.25. The Morgan fingerprint density at radius 1 is 1.39 bits per heavy atom. The van der Waals surface area contributed by atoms with Crippen LogP contribution in [0.15, 0.2) is 34.1 Å². The number of aryl methyl sites for hydroxylation is 1. The van der Waals surface area contributed by atoms with Crippen molar-refractivity contribution in [2.75, 3.05) is 20.1 Å². The van der Waals surface area contributed by atoms with Gasteiger partial charge in [-0.05, 0) is 44.0 Å². The molecule has 0 aliphatic carbocycles. The molecule has 0 radical (unpaired) electrons. The lowest BCUT2D eigenvalue weighted by atomic mass is 10.2. The summed E-state index contributed by atoms with van der Waals surface area (Å²) in [5.74, 6) is 1.90. The summed E-state index contributed by atoms with van der Waals surface area (Å²) in [4.78, 5) is 3.67. The van der Waals surface area contributed by atoms with Gasteiger partial charge >= 0.3 is 0 Å². The van der Waals surface area contributed by atoms with Crippen LogP contribution in [-0.4, -0.2) is 25.0 Å². The minimum atomic E-state index is 0.165. The first-order valence-corrected chi connectivity index (χ1v) is 7.07. The molecule has 2 aromatic rings. The van der Waals surface area contributed by atoms with Gasteiger partial charge in [0.1, 0.15) is 11.5 Å². The molecule has 2 rings (SSSR count). The summed E-state index contributed by atoms with van der Waals surface area (Å²) in [6.45, 7) is 3.53. The summed E-state index contributed by atoms with van der Waals surface area (Å²) < 4.78 is 5.68. The number of nitrogens with two attached hydrogens (primary N) is 1. The van der Waals surface area contributed by atoms with Gasteiger partial charge in [-0.1, -0.05) is 6.07 Å². The fourth-order valence-corrected chi connectivity index (χ4v) is 2.74. The van der Waals surface area contributed by atoms with Crippen molar-refractivity contribution in [2.24, 2.45) is 5.73 Å². The highest BCUT2D eigenvalue weighted by Gasteiger charge is 2.18. The van der Waals surface area contributed by atoms with Gasteiger partial charge in [0, 0.05) is 18.0 Å². The molecule has 0 aliphatic rings. The largest absolute Gasteiger partial charge is 0.465 e. The Labute approximate surface area is 112 Å². The third-order valence-electron chi connectivity index (χ3n) is 3.14. The standard InChI is InChI=1S/C14H20N2OS/c1-11-5-6-14(17-11)13(10-15)16(2)8-7-12-4-3-9-18-12/h3-6,9,13H,7-8,10,15H2,1-2H3. The van der Waals surface area contributed by atoms with Crippen molar-refractivity contribution in [1.29, 1.82) is 0 Å². The fraction of sp³-hybridized carbons (Fsp3) is 0.429. The first-order valence-electron chi connectivity index (χ1n) is 6.19. The number of nitrogens with zero attached hydrogens (tertiary/aromatic N) is 1. The second kappa shape index (κ2) is 6.18. The van der Waals surface area contributed by atoms with Crippen LogP contribution < -0.4 is 5.73 Å². The summed E-state index contributed by atoms with van der Waals surface area (Å²) in [5.41, 5.74) is 5.86. The normalized spacial score (nSPS) is 13.1. The molecule has 0 bridgehead atoms. The predicted molar refractivity (Wildman–Crippen MR) is 75.9 cm³/mol. The molecule has 0 aliphatic heterocycles. The molecule has 0 aromatic carbocycles. The molecule has 2 aromatic heterocycles. The Morgan fingerprint density at radius 2 is 2.22 bits per heavy atom. The second-order valence-corrected chi connectivity index (χ2v) is 5.54. The maximum atomic E-state index is 5.86. The van der Waals surface area contributed by atoms with Crippen LogP contribution >= 0.6 is 11.3 Å². The van der Waals surface area contributed by atoms with E-state index < -0.39 is 0 Å². The van der Waals surface area contributed by atoms with Crippen molar-refractivity contribution in [3.63, 3.8) is 0 Å². The molecule has 0 fully saturated rings. The first kappa shape index (κ1) is 13.3. The highest BCUT2D eigenvalue weighted by Crippen LogP contribution is 2.21. The topological polar surface area (TPSA) is 42.4 Å². The minimum absolute atomic E-state index is 0.165. The molecule has 4 heteroatoms. The van der Waals surface area contributed by atoms with Crippen LogP contribution in [0.1, 0.15) is 22.4 Å². The van der Waals surface area contributed by atoms with E-state index in [2.05, 4.69) is 29.5 Å². The van der Waals surface area contributed by atoms with E-state index in [1.54, 1.807) is 11.3 Å². The molecule has 0 amide bonds. The van der Waals surface area contributed by atoms with E-state index in [-0.39, 0.29) is 6.04 Å². The van der Waals surface area contributed by atoms with Crippen molar-refractivity contribution >= 4 is 11.3 Å². The van der Waals surface area contributed by atoms with E-state index in [0.717, 1.165) is 24.5 Å². The molecule has 0 spiro atoms. The summed E-state index contributed by atoms with van der Waals surface area (Å²) in [6, 6.07) is 8.45. The van der Waals surface area contributed by atoms with Gasteiger partial charge in [0.05, 0.1) is 6.04 Å². The van der Waals surface area contributed by atoms with Crippen LogP contribution in [0.3, 0.4) is 0 Å². The highest BCUT2D eigenvalue weighted by atomic mass is 32.1. The monoisotopic (exact) mass is 264 g/mol. The van der Waals surface area contributed by atoms with Crippen LogP contribution in [0.2, 0.25) is 0 Å². The van der Waals surface area contributed by atoms with Crippen molar-refractivity contribution in [3.05, 3.63) is 46.0 Å². The minimum Gasteiger partial charge on any atom is -0.465 e. The van der Waals surface area contributed by atoms with Gasteiger partial charge in [-0.25, -0.2) is 0 Å². The molecular weight excluding hydrogens is 244 g/mol. The lowest BCUT2D eigenvalue weighted by Crippen LogP contribution is -2.31. The molecule has 1 atom stereocenters. The Balaban J connectivity index is 1.95. The van der Waals surface area contributed by atoms with Crippen molar-refractivity contribution in [2.45, 2.75) is 19.4 Å².